The van der Waals surface area contributed by atoms with Gasteiger partial charge in [-0.15, -0.1) is 0 Å². The van der Waals surface area contributed by atoms with E-state index in [1.54, 1.807) is 0 Å². The lowest BCUT2D eigenvalue weighted by Gasteiger charge is -2.26. The Balaban J connectivity index is 0.832. The molecule has 11 aromatic carbocycles. The lowest BCUT2D eigenvalue weighted by atomic mass is 10.0. The third kappa shape index (κ3) is 7.84. The quantitative estimate of drug-likeness (QED) is 0.134. The molecule has 0 saturated carbocycles. The third-order valence-corrected chi connectivity index (χ3v) is 13.7. The van der Waals surface area contributed by atoms with Crippen LogP contribution < -0.4 is 9.80 Å². The van der Waals surface area contributed by atoms with Crippen molar-refractivity contribution in [3.05, 3.63) is 255 Å². The summed E-state index contributed by atoms with van der Waals surface area (Å²) in [6.45, 7) is 0. The number of hydrogen-bond donors (Lipinski definition) is 0. The second-order valence-corrected chi connectivity index (χ2v) is 18.3. The highest BCUT2D eigenvalue weighted by molar-refractivity contribution is 5.93. The molecule has 0 radical (unpaired) electrons. The van der Waals surface area contributed by atoms with E-state index in [1.807, 2.05) is 72.8 Å². The normalized spacial score (nSPS) is 11.5. The van der Waals surface area contributed by atoms with Crippen LogP contribution in [0.25, 0.3) is 100 Å². The van der Waals surface area contributed by atoms with Crippen molar-refractivity contribution >= 4 is 88.9 Å². The Bertz CT molecular complexity index is 4030. The lowest BCUT2D eigenvalue weighted by molar-refractivity contribution is 0.619. The van der Waals surface area contributed by atoms with Crippen molar-refractivity contribution < 1.29 is 8.83 Å². The van der Waals surface area contributed by atoms with Crippen LogP contribution in [0.4, 0.5) is 34.1 Å². The number of fused-ring (bicyclic) bond motifs is 5. The molecule has 0 unspecified atom stereocenters. The van der Waals surface area contributed by atoms with Gasteiger partial charge in [-0.1, -0.05) is 121 Å². The van der Waals surface area contributed by atoms with Gasteiger partial charge in [-0.05, 0) is 155 Å². The summed E-state index contributed by atoms with van der Waals surface area (Å²) in [5.74, 6) is 1.18. The second kappa shape index (κ2) is 17.9. The molecule has 14 aromatic rings. The molecule has 0 fully saturated rings. The molecule has 0 spiro atoms. The predicted molar refractivity (Wildman–Crippen MR) is 301 cm³/mol. The van der Waals surface area contributed by atoms with Crippen molar-refractivity contribution in [2.75, 3.05) is 9.80 Å². The van der Waals surface area contributed by atoms with Gasteiger partial charge in [0.25, 0.3) is 0 Å². The van der Waals surface area contributed by atoms with Crippen molar-refractivity contribution in [1.82, 2.24) is 19.9 Å². The fraction of sp³-hybridized carbons (Fsp3) is 0. The molecule has 3 aromatic heterocycles. The minimum absolute atomic E-state index is 0.590. The van der Waals surface area contributed by atoms with Crippen molar-refractivity contribution in [3.63, 3.8) is 0 Å². The van der Waals surface area contributed by atoms with Gasteiger partial charge in [0.1, 0.15) is 11.0 Å². The largest absolute Gasteiger partial charge is 0.436 e. The molecule has 0 aliphatic rings. The van der Waals surface area contributed by atoms with Crippen LogP contribution in [0, 0.1) is 0 Å². The van der Waals surface area contributed by atoms with Gasteiger partial charge >= 0.3 is 0 Å². The maximum Gasteiger partial charge on any atom is 0.227 e. The smallest absolute Gasteiger partial charge is 0.227 e. The Morgan fingerprint density at radius 3 is 0.932 bits per heavy atom. The third-order valence-electron chi connectivity index (χ3n) is 13.7. The average Bonchev–Trinajstić information content (AvgIpc) is 4.11. The molecular formula is C66H42N6O2. The highest BCUT2D eigenvalue weighted by Crippen LogP contribution is 2.42. The zero-order chi connectivity index (χ0) is 49.0. The van der Waals surface area contributed by atoms with Crippen LogP contribution in [0.1, 0.15) is 0 Å². The molecule has 0 atom stereocenters. The van der Waals surface area contributed by atoms with Crippen molar-refractivity contribution in [2.24, 2.45) is 0 Å². The molecule has 74 heavy (non-hydrogen) atoms. The van der Waals surface area contributed by atoms with Crippen molar-refractivity contribution in [2.45, 2.75) is 0 Å². The van der Waals surface area contributed by atoms with Gasteiger partial charge in [0.15, 0.2) is 11.2 Å². The lowest BCUT2D eigenvalue weighted by Crippen LogP contribution is -2.10. The molecule has 0 saturated heterocycles. The van der Waals surface area contributed by atoms with Gasteiger partial charge in [-0.3, -0.25) is 0 Å². The number of rotatable bonds is 10. The number of anilines is 6. The van der Waals surface area contributed by atoms with Gasteiger partial charge in [0, 0.05) is 56.4 Å². The van der Waals surface area contributed by atoms with E-state index in [-0.39, 0.29) is 0 Å². The molecule has 3 heterocycles. The number of benzene rings is 11. The zero-order valence-corrected chi connectivity index (χ0v) is 39.7. The summed E-state index contributed by atoms with van der Waals surface area (Å²) in [7, 11) is 0. The van der Waals surface area contributed by atoms with Crippen LogP contribution in [0.2, 0.25) is 0 Å². The van der Waals surface area contributed by atoms with Crippen LogP contribution in [-0.2, 0) is 0 Å². The number of aromatic nitrogens is 4. The fourth-order valence-corrected chi connectivity index (χ4v) is 9.96. The molecule has 8 nitrogen and oxygen atoms in total. The molecular weight excluding hydrogens is 909 g/mol. The van der Waals surface area contributed by atoms with Crippen molar-refractivity contribution in [3.8, 4) is 45.4 Å². The summed E-state index contributed by atoms with van der Waals surface area (Å²) in [5.41, 5.74) is 16.2. The van der Waals surface area contributed by atoms with E-state index in [0.29, 0.717) is 11.8 Å². The Labute approximate surface area is 425 Å². The number of para-hydroxylation sites is 6. The Morgan fingerprint density at radius 2 is 0.554 bits per heavy atom. The highest BCUT2D eigenvalue weighted by atomic mass is 16.4. The molecule has 0 amide bonds. The summed E-state index contributed by atoms with van der Waals surface area (Å²) >= 11 is 0. The van der Waals surface area contributed by atoms with E-state index in [2.05, 4.69) is 192 Å². The molecule has 0 bridgehead atoms. The van der Waals surface area contributed by atoms with E-state index >= 15 is 0 Å². The summed E-state index contributed by atoms with van der Waals surface area (Å²) in [5, 5.41) is 4.68. The first kappa shape index (κ1) is 42.7. The summed E-state index contributed by atoms with van der Waals surface area (Å²) in [6, 6.07) is 87.9. The Hall–Kier alpha value is -10.2. The highest BCUT2D eigenvalue weighted by Gasteiger charge is 2.20. The van der Waals surface area contributed by atoms with Gasteiger partial charge in [0.05, 0.1) is 22.4 Å². The van der Waals surface area contributed by atoms with E-state index in [1.165, 1.54) is 10.8 Å². The Kier molecular flexibility index (Phi) is 10.3. The summed E-state index contributed by atoms with van der Waals surface area (Å²) in [6.07, 6.45) is 0. The number of hydrogen-bond acceptors (Lipinski definition) is 8. The van der Waals surface area contributed by atoms with Crippen LogP contribution in [0.3, 0.4) is 0 Å². The van der Waals surface area contributed by atoms with Crippen LogP contribution >= 0.6 is 0 Å². The number of oxazole rings is 2. The minimum atomic E-state index is 0.590. The topological polar surface area (TPSA) is 84.3 Å². The maximum absolute atomic E-state index is 6.14. The predicted octanol–water partition coefficient (Wildman–Crippen LogP) is 17.8. The maximum atomic E-state index is 6.14. The number of nitrogens with zero attached hydrogens (tertiary/aromatic N) is 6. The summed E-state index contributed by atoms with van der Waals surface area (Å²) < 4.78 is 12.3. The monoisotopic (exact) mass is 950 g/mol. The van der Waals surface area contributed by atoms with E-state index in [0.717, 1.165) is 112 Å². The van der Waals surface area contributed by atoms with Gasteiger partial charge in [0.2, 0.25) is 11.8 Å². The molecule has 14 rings (SSSR count). The van der Waals surface area contributed by atoms with Crippen LogP contribution in [0.15, 0.2) is 264 Å². The minimum Gasteiger partial charge on any atom is -0.436 e. The van der Waals surface area contributed by atoms with Gasteiger partial charge < -0.3 is 18.6 Å². The first-order valence-electron chi connectivity index (χ1n) is 24.6. The SMILES string of the molecule is c1ccc2cc(N(c3ccc(-c4nc5ccccc5o4)cc3)c3ccc(-c4nc5ccccc5nc4-c4ccc(N(c5ccc(-c6nc7ccccc7o6)cc5)c5ccc6ccccc6c5)cc4)cc3)ccc2c1. The molecule has 0 aliphatic carbocycles. The standard InChI is InChI=1S/C66H42N6O2/c1-3-13-49-41-55(39-21-43(49)11-1)71(53-35-27-47(28-36-53)65-69-59-17-7-9-19-61(59)73-65)51-31-23-45(24-32-51)63-64(68-58-16-6-5-15-57(58)67-63)46-25-33-52(34-26-46)72(56-40-22-44-12-2-4-14-50(44)42-56)54-37-29-48(30-38-54)66-70-60-18-8-10-20-62(60)74-66/h1-42H. The molecule has 348 valence electrons. The summed E-state index contributed by atoms with van der Waals surface area (Å²) in [4.78, 5) is 24.7. The van der Waals surface area contributed by atoms with E-state index in [4.69, 9.17) is 28.8 Å². The van der Waals surface area contributed by atoms with Crippen LogP contribution in [0.5, 0.6) is 0 Å². The second-order valence-electron chi connectivity index (χ2n) is 18.3. The van der Waals surface area contributed by atoms with Gasteiger partial charge in [-0.25, -0.2) is 19.9 Å². The molecule has 0 aliphatic heterocycles. The van der Waals surface area contributed by atoms with Crippen molar-refractivity contribution in [1.29, 1.82) is 0 Å². The Morgan fingerprint density at radius 1 is 0.243 bits per heavy atom. The van der Waals surface area contributed by atoms with E-state index in [9.17, 15) is 0 Å². The zero-order valence-electron chi connectivity index (χ0n) is 39.7. The average molecular weight is 951 g/mol. The fourth-order valence-electron chi connectivity index (χ4n) is 9.96. The molecule has 8 heteroatoms. The van der Waals surface area contributed by atoms with E-state index < -0.39 is 0 Å². The van der Waals surface area contributed by atoms with Gasteiger partial charge in [-0.2, -0.15) is 0 Å². The first-order valence-corrected chi connectivity index (χ1v) is 24.6. The first-order chi connectivity index (χ1) is 36.6. The van der Waals surface area contributed by atoms with Crippen LogP contribution in [-0.4, -0.2) is 19.9 Å². The molecule has 0 N–H and O–H groups in total.